The Labute approximate surface area is 132 Å². The van der Waals surface area contributed by atoms with Gasteiger partial charge in [-0.2, -0.15) is 18.3 Å². The van der Waals surface area contributed by atoms with E-state index in [1.54, 1.807) is 0 Å². The lowest BCUT2D eigenvalue weighted by atomic mass is 10.2. The number of rotatable bonds is 4. The minimum atomic E-state index is -4.49. The zero-order chi connectivity index (χ0) is 17.2. The molecular weight excluding hydrogens is 327 g/mol. The second-order valence-corrected chi connectivity index (χ2v) is 4.73. The lowest BCUT2D eigenvalue weighted by Crippen LogP contribution is -2.15. The van der Waals surface area contributed by atoms with E-state index in [9.17, 15) is 18.0 Å². The van der Waals surface area contributed by atoms with E-state index in [0.717, 1.165) is 12.1 Å². The first-order chi connectivity index (χ1) is 11.4. The summed E-state index contributed by atoms with van der Waals surface area (Å²) in [5, 5.41) is 12.5. The van der Waals surface area contributed by atoms with Crippen LogP contribution in [0.5, 0.6) is 0 Å². The molecule has 124 valence electrons. The Bertz CT molecular complexity index is 841. The predicted molar refractivity (Wildman–Crippen MR) is 74.9 cm³/mol. The number of alkyl halides is 3. The van der Waals surface area contributed by atoms with Crippen LogP contribution in [-0.2, 0) is 12.7 Å². The van der Waals surface area contributed by atoms with Crippen molar-refractivity contribution < 1.29 is 18.0 Å². The molecule has 0 aliphatic rings. The van der Waals surface area contributed by atoms with Crippen LogP contribution in [0.15, 0.2) is 36.9 Å². The maximum absolute atomic E-state index is 12.7. The summed E-state index contributed by atoms with van der Waals surface area (Å²) in [6.45, 7) is 0.226. The van der Waals surface area contributed by atoms with Gasteiger partial charge in [0.2, 0.25) is 5.82 Å². The van der Waals surface area contributed by atoms with Gasteiger partial charge in [-0.25, -0.2) is 14.6 Å². The first-order valence-corrected chi connectivity index (χ1v) is 6.64. The van der Waals surface area contributed by atoms with E-state index in [-0.39, 0.29) is 18.1 Å². The van der Waals surface area contributed by atoms with Gasteiger partial charge in [0, 0.05) is 5.69 Å². The maximum Gasteiger partial charge on any atom is 0.416 e. The Kier molecular flexibility index (Phi) is 3.98. The van der Waals surface area contributed by atoms with Crippen LogP contribution in [0.2, 0.25) is 0 Å². The monoisotopic (exact) mass is 337 g/mol. The van der Waals surface area contributed by atoms with Crippen molar-refractivity contribution in [3.8, 4) is 0 Å². The average Bonchev–Trinajstić information content (AvgIpc) is 3.19. The lowest BCUT2D eigenvalue weighted by molar-refractivity contribution is -0.137. The number of anilines is 1. The molecule has 3 rings (SSSR count). The molecule has 0 aliphatic carbocycles. The second-order valence-electron chi connectivity index (χ2n) is 4.73. The van der Waals surface area contributed by atoms with E-state index < -0.39 is 17.6 Å². The lowest BCUT2D eigenvalue weighted by Gasteiger charge is -2.08. The first kappa shape index (κ1) is 15.6. The smallest absolute Gasteiger partial charge is 0.319 e. The summed E-state index contributed by atoms with van der Waals surface area (Å²) >= 11 is 0. The predicted octanol–water partition coefficient (Wildman–Crippen LogP) is 1.72. The van der Waals surface area contributed by atoms with E-state index in [1.807, 2.05) is 0 Å². The molecule has 0 spiro atoms. The first-order valence-electron chi connectivity index (χ1n) is 6.64. The largest absolute Gasteiger partial charge is 0.416 e. The van der Waals surface area contributed by atoms with Crippen LogP contribution < -0.4 is 5.32 Å². The normalized spacial score (nSPS) is 11.5. The summed E-state index contributed by atoms with van der Waals surface area (Å²) in [5.41, 5.74) is -0.861. The Morgan fingerprint density at radius 3 is 2.88 bits per heavy atom. The Morgan fingerprint density at radius 1 is 1.33 bits per heavy atom. The summed E-state index contributed by atoms with van der Waals surface area (Å²) in [6, 6.07) is 4.29. The number of nitrogens with one attached hydrogen (secondary N) is 2. The molecule has 24 heavy (non-hydrogen) atoms. The second kappa shape index (κ2) is 6.10. The number of hydrogen-bond donors (Lipinski definition) is 2. The summed E-state index contributed by atoms with van der Waals surface area (Å²) in [4.78, 5) is 19.7. The molecule has 8 nitrogen and oxygen atoms in total. The van der Waals surface area contributed by atoms with Gasteiger partial charge in [-0.15, -0.1) is 5.10 Å². The number of aromatic nitrogens is 6. The summed E-state index contributed by atoms with van der Waals surface area (Å²) in [7, 11) is 0. The van der Waals surface area contributed by atoms with Crippen LogP contribution in [0.25, 0.3) is 0 Å². The number of nitrogens with zero attached hydrogens (tertiary/aromatic N) is 5. The number of carbonyl (C=O) groups is 1. The zero-order valence-electron chi connectivity index (χ0n) is 11.9. The van der Waals surface area contributed by atoms with E-state index in [2.05, 4.69) is 30.6 Å². The third-order valence-corrected chi connectivity index (χ3v) is 2.96. The average molecular weight is 337 g/mol. The van der Waals surface area contributed by atoms with Crippen molar-refractivity contribution in [3.05, 3.63) is 54.1 Å². The van der Waals surface area contributed by atoms with E-state index >= 15 is 0 Å². The molecule has 11 heteroatoms. The Morgan fingerprint density at radius 2 is 2.17 bits per heavy atom. The fraction of sp³-hybridized carbons (Fsp3) is 0.154. The van der Waals surface area contributed by atoms with E-state index in [1.165, 1.54) is 29.5 Å². The van der Waals surface area contributed by atoms with Crippen LogP contribution in [0.4, 0.5) is 18.9 Å². The van der Waals surface area contributed by atoms with Gasteiger partial charge in [0.15, 0.2) is 0 Å². The van der Waals surface area contributed by atoms with Crippen LogP contribution in [-0.4, -0.2) is 35.9 Å². The maximum atomic E-state index is 12.7. The number of carbonyl (C=O) groups excluding carboxylic acids is 1. The SMILES string of the molecule is O=C(Nc1cccc(C(F)(F)F)c1)c1n[nH]c(Cn2cncn2)n1. The van der Waals surface area contributed by atoms with Crippen molar-refractivity contribution in [1.82, 2.24) is 29.9 Å². The molecule has 0 unspecified atom stereocenters. The number of halogens is 3. The van der Waals surface area contributed by atoms with E-state index in [0.29, 0.717) is 5.82 Å². The molecule has 0 bridgehead atoms. The highest BCUT2D eigenvalue weighted by atomic mass is 19.4. The van der Waals surface area contributed by atoms with E-state index in [4.69, 9.17) is 0 Å². The molecule has 0 radical (unpaired) electrons. The number of benzene rings is 1. The number of hydrogen-bond acceptors (Lipinski definition) is 5. The molecule has 1 aromatic carbocycles. The van der Waals surface area contributed by atoms with Crippen LogP contribution in [0.3, 0.4) is 0 Å². The van der Waals surface area contributed by atoms with Gasteiger partial charge in [-0.1, -0.05) is 6.07 Å². The molecule has 3 aromatic rings. The minimum Gasteiger partial charge on any atom is -0.319 e. The van der Waals surface area contributed by atoms with Crippen molar-refractivity contribution in [2.24, 2.45) is 0 Å². The molecule has 0 saturated heterocycles. The van der Waals surface area contributed by atoms with Crippen molar-refractivity contribution in [2.75, 3.05) is 5.32 Å². The topological polar surface area (TPSA) is 101 Å². The minimum absolute atomic E-state index is 0.00236. The summed E-state index contributed by atoms with van der Waals surface area (Å²) in [6.07, 6.45) is -1.68. The van der Waals surface area contributed by atoms with Gasteiger partial charge in [0.25, 0.3) is 5.91 Å². The molecule has 0 atom stereocenters. The van der Waals surface area contributed by atoms with Crippen LogP contribution >= 0.6 is 0 Å². The van der Waals surface area contributed by atoms with Gasteiger partial charge in [-0.05, 0) is 18.2 Å². The highest BCUT2D eigenvalue weighted by Gasteiger charge is 2.30. The Balaban J connectivity index is 1.70. The summed E-state index contributed by atoms with van der Waals surface area (Å²) in [5.74, 6) is -0.562. The van der Waals surface area contributed by atoms with Gasteiger partial charge in [-0.3, -0.25) is 9.89 Å². The fourth-order valence-corrected chi connectivity index (χ4v) is 1.90. The van der Waals surface area contributed by atoms with Crippen molar-refractivity contribution in [1.29, 1.82) is 0 Å². The molecule has 0 saturated carbocycles. The standard InChI is InChI=1S/C13H10F3N7O/c14-13(15,16)8-2-1-3-9(4-8)19-12(24)11-20-10(21-22-11)5-23-7-17-6-18-23/h1-4,6-7H,5H2,(H,19,24)(H,20,21,22). The van der Waals surface area contributed by atoms with Crippen molar-refractivity contribution in [3.63, 3.8) is 0 Å². The van der Waals surface area contributed by atoms with Crippen LogP contribution in [0, 0.1) is 0 Å². The van der Waals surface area contributed by atoms with Gasteiger partial charge < -0.3 is 5.32 Å². The Hall–Kier alpha value is -3.24. The van der Waals surface area contributed by atoms with Crippen molar-refractivity contribution >= 4 is 11.6 Å². The van der Waals surface area contributed by atoms with Gasteiger partial charge >= 0.3 is 6.18 Å². The highest BCUT2D eigenvalue weighted by Crippen LogP contribution is 2.30. The zero-order valence-corrected chi connectivity index (χ0v) is 11.9. The highest BCUT2D eigenvalue weighted by molar-refractivity contribution is 6.01. The van der Waals surface area contributed by atoms with Gasteiger partial charge in [0.05, 0.1) is 5.56 Å². The molecule has 2 aromatic heterocycles. The fourth-order valence-electron chi connectivity index (χ4n) is 1.90. The molecule has 2 heterocycles. The summed E-state index contributed by atoms with van der Waals surface area (Å²) < 4.78 is 39.4. The quantitative estimate of drug-likeness (QED) is 0.755. The molecular formula is C13H10F3N7O. The third-order valence-electron chi connectivity index (χ3n) is 2.96. The molecule has 0 fully saturated rings. The molecule has 1 amide bonds. The number of amides is 1. The molecule has 0 aliphatic heterocycles. The number of H-pyrrole nitrogens is 1. The van der Waals surface area contributed by atoms with Crippen molar-refractivity contribution in [2.45, 2.75) is 12.7 Å². The third kappa shape index (κ3) is 3.56. The number of aromatic amines is 1. The molecule has 2 N–H and O–H groups in total. The van der Waals surface area contributed by atoms with Gasteiger partial charge in [0.1, 0.15) is 25.0 Å². The van der Waals surface area contributed by atoms with Crippen LogP contribution in [0.1, 0.15) is 22.0 Å².